The molecule has 0 spiro atoms. The number of hydrogen-bond donors (Lipinski definition) is 2. The normalized spacial score (nSPS) is 6.73. The lowest BCUT2D eigenvalue weighted by atomic mass is 10.9. The van der Waals surface area contributed by atoms with Crippen LogP contribution in [0.15, 0.2) is 12.4 Å². The second kappa shape index (κ2) is 7.94. The molecule has 0 aliphatic heterocycles. The van der Waals surface area contributed by atoms with Gasteiger partial charge in [0.1, 0.15) is 0 Å². The van der Waals surface area contributed by atoms with Crippen LogP contribution in [0.4, 0.5) is 5.95 Å². The van der Waals surface area contributed by atoms with Crippen molar-refractivity contribution in [3.63, 3.8) is 0 Å². The monoisotopic (exact) mass is 220 g/mol. The first kappa shape index (κ1) is 17.1. The van der Waals surface area contributed by atoms with E-state index in [-0.39, 0.29) is 37.2 Å². The molecule has 3 N–H and O–H groups in total. The first-order chi connectivity index (χ1) is 3.84. The third-order valence-electron chi connectivity index (χ3n) is 0.950. The van der Waals surface area contributed by atoms with Gasteiger partial charge in [0.25, 0.3) is 0 Å². The fourth-order valence-corrected chi connectivity index (χ4v) is 0.505. The number of aromatic nitrogens is 2. The Morgan fingerprint density at radius 3 is 2.18 bits per heavy atom. The summed E-state index contributed by atoms with van der Waals surface area (Å²) in [7, 11) is 1.86. The first-order valence-corrected chi connectivity index (χ1v) is 2.28. The number of hydrazine groups is 1. The zero-order valence-corrected chi connectivity index (χ0v) is 8.30. The Kier molecular flexibility index (Phi) is 12.3. The maximum Gasteiger partial charge on any atom is 0.216 e. The number of halogens is 3. The van der Waals surface area contributed by atoms with E-state index in [1.54, 1.807) is 10.8 Å². The molecule has 0 radical (unpaired) electrons. The summed E-state index contributed by atoms with van der Waals surface area (Å²) in [5, 5.41) is 0. The second-order valence-corrected chi connectivity index (χ2v) is 1.51. The van der Waals surface area contributed by atoms with Crippen LogP contribution < -0.4 is 11.3 Å². The molecule has 68 valence electrons. The van der Waals surface area contributed by atoms with E-state index in [1.165, 1.54) is 0 Å². The van der Waals surface area contributed by atoms with Gasteiger partial charge >= 0.3 is 0 Å². The number of nitrogen functional groups attached to an aromatic ring is 1. The molecule has 0 fully saturated rings. The molecule has 4 nitrogen and oxygen atoms in total. The molecule has 1 rings (SSSR count). The summed E-state index contributed by atoms with van der Waals surface area (Å²) in [4.78, 5) is 3.86. The van der Waals surface area contributed by atoms with E-state index in [0.717, 1.165) is 0 Å². The molecule has 0 saturated carbocycles. The summed E-state index contributed by atoms with van der Waals surface area (Å²) in [6.07, 6.45) is 3.49. The Labute approximate surface area is 83.8 Å². The third-order valence-corrected chi connectivity index (χ3v) is 0.950. The van der Waals surface area contributed by atoms with E-state index in [9.17, 15) is 0 Å². The molecule has 11 heavy (non-hydrogen) atoms. The molecule has 0 aromatic carbocycles. The largest absolute Gasteiger partial charge is 0.320 e. The fraction of sp³-hybridized carbons (Fsp3) is 0.250. The predicted molar refractivity (Wildman–Crippen MR) is 52.8 cm³/mol. The van der Waals surface area contributed by atoms with Gasteiger partial charge in [0.15, 0.2) is 0 Å². The van der Waals surface area contributed by atoms with Crippen LogP contribution in [0.2, 0.25) is 0 Å². The molecule has 1 aromatic rings. The van der Waals surface area contributed by atoms with Crippen LogP contribution in [0.5, 0.6) is 0 Å². The van der Waals surface area contributed by atoms with Crippen molar-refractivity contribution in [2.75, 3.05) is 5.43 Å². The van der Waals surface area contributed by atoms with Crippen molar-refractivity contribution in [2.45, 2.75) is 0 Å². The smallest absolute Gasteiger partial charge is 0.216 e. The van der Waals surface area contributed by atoms with Crippen LogP contribution in [0.25, 0.3) is 0 Å². The van der Waals surface area contributed by atoms with Gasteiger partial charge in [0.05, 0.1) is 0 Å². The maximum absolute atomic E-state index is 5.06. The van der Waals surface area contributed by atoms with E-state index in [4.69, 9.17) is 5.84 Å². The molecule has 0 amide bonds. The van der Waals surface area contributed by atoms with E-state index in [2.05, 4.69) is 10.4 Å². The highest BCUT2D eigenvalue weighted by Crippen LogP contribution is 1.95. The molecule has 7 heteroatoms. The minimum Gasteiger partial charge on any atom is -0.320 e. The molecule has 0 atom stereocenters. The van der Waals surface area contributed by atoms with E-state index >= 15 is 0 Å². The zero-order valence-electron chi connectivity index (χ0n) is 5.85. The first-order valence-electron chi connectivity index (χ1n) is 2.28. The van der Waals surface area contributed by atoms with Gasteiger partial charge in [0.2, 0.25) is 5.95 Å². The number of nitrogens with zero attached hydrogens (tertiary/aromatic N) is 2. The van der Waals surface area contributed by atoms with Gasteiger partial charge in [-0.05, 0) is 0 Å². The molecular formula is C4H11Cl3N4. The van der Waals surface area contributed by atoms with E-state index in [0.29, 0.717) is 5.95 Å². The minimum absolute atomic E-state index is 0. The maximum atomic E-state index is 5.06. The second-order valence-electron chi connectivity index (χ2n) is 1.51. The number of hydrogen-bond acceptors (Lipinski definition) is 3. The summed E-state index contributed by atoms with van der Waals surface area (Å²) in [6, 6.07) is 0. The van der Waals surface area contributed by atoms with Gasteiger partial charge in [-0.25, -0.2) is 10.8 Å². The number of nitrogens with one attached hydrogen (secondary N) is 1. The summed E-state index contributed by atoms with van der Waals surface area (Å²) >= 11 is 0. The van der Waals surface area contributed by atoms with Gasteiger partial charge in [-0.15, -0.1) is 37.2 Å². The highest BCUT2D eigenvalue weighted by molar-refractivity contribution is 5.86. The highest BCUT2D eigenvalue weighted by atomic mass is 35.5. The lowest BCUT2D eigenvalue weighted by Gasteiger charge is -1.95. The quantitative estimate of drug-likeness (QED) is 0.549. The average Bonchev–Trinajstić information content (AvgIpc) is 2.14. The van der Waals surface area contributed by atoms with Crippen molar-refractivity contribution in [3.05, 3.63) is 12.4 Å². The average molecular weight is 222 g/mol. The van der Waals surface area contributed by atoms with Crippen molar-refractivity contribution in [1.29, 1.82) is 0 Å². The lowest BCUT2D eigenvalue weighted by molar-refractivity contribution is 0.911. The van der Waals surface area contributed by atoms with Crippen molar-refractivity contribution in [2.24, 2.45) is 12.9 Å². The Balaban J connectivity index is -0.000000213. The van der Waals surface area contributed by atoms with Crippen LogP contribution in [0.3, 0.4) is 0 Å². The van der Waals surface area contributed by atoms with E-state index < -0.39 is 0 Å². The topological polar surface area (TPSA) is 55.9 Å². The number of rotatable bonds is 1. The van der Waals surface area contributed by atoms with Gasteiger partial charge in [-0.2, -0.15) is 0 Å². The summed E-state index contributed by atoms with van der Waals surface area (Å²) < 4.78 is 1.79. The Hall–Kier alpha value is -0.160. The van der Waals surface area contributed by atoms with Crippen molar-refractivity contribution >= 4 is 43.2 Å². The van der Waals surface area contributed by atoms with Crippen molar-refractivity contribution in [3.8, 4) is 0 Å². The van der Waals surface area contributed by atoms with Gasteiger partial charge in [0, 0.05) is 19.4 Å². The number of aryl methyl sites for hydroxylation is 1. The SMILES string of the molecule is Cl.Cl.Cl.Cn1ccnc1NN. The van der Waals surface area contributed by atoms with Crippen LogP contribution >= 0.6 is 37.2 Å². The number of imidazole rings is 1. The van der Waals surface area contributed by atoms with Crippen molar-refractivity contribution < 1.29 is 0 Å². The molecule has 1 heterocycles. The Bertz CT molecular complexity index is 178. The predicted octanol–water partition coefficient (Wildman–Crippen LogP) is 0.971. The molecule has 0 unspecified atom stereocenters. The number of nitrogens with two attached hydrogens (primary N) is 1. The Morgan fingerprint density at radius 2 is 2.00 bits per heavy atom. The summed E-state index contributed by atoms with van der Waals surface area (Å²) in [5.74, 6) is 5.73. The van der Waals surface area contributed by atoms with Crippen molar-refractivity contribution in [1.82, 2.24) is 9.55 Å². The van der Waals surface area contributed by atoms with E-state index in [1.807, 2.05) is 13.2 Å². The van der Waals surface area contributed by atoms with Gasteiger partial charge in [-0.3, -0.25) is 5.43 Å². The van der Waals surface area contributed by atoms with Gasteiger partial charge < -0.3 is 4.57 Å². The molecule has 0 aliphatic rings. The third kappa shape index (κ3) is 4.31. The summed E-state index contributed by atoms with van der Waals surface area (Å²) in [5.41, 5.74) is 2.43. The van der Waals surface area contributed by atoms with Gasteiger partial charge in [-0.1, -0.05) is 0 Å². The van der Waals surface area contributed by atoms with Crippen LogP contribution in [0, 0.1) is 0 Å². The van der Waals surface area contributed by atoms with Crippen LogP contribution in [0.1, 0.15) is 0 Å². The summed E-state index contributed by atoms with van der Waals surface area (Å²) in [6.45, 7) is 0. The molecule has 1 aromatic heterocycles. The molecular weight excluding hydrogens is 210 g/mol. The molecule has 0 aliphatic carbocycles. The zero-order chi connectivity index (χ0) is 5.98. The minimum atomic E-state index is 0. The number of anilines is 1. The van der Waals surface area contributed by atoms with Crippen LogP contribution in [-0.2, 0) is 7.05 Å². The Morgan fingerprint density at radius 1 is 1.45 bits per heavy atom. The standard InChI is InChI=1S/C4H8N4.3ClH/c1-8-3-2-6-4(8)7-5;;;/h2-3H,5H2,1H3,(H,6,7);3*1H. The molecule has 0 bridgehead atoms. The fourth-order valence-electron chi connectivity index (χ4n) is 0.505. The lowest BCUT2D eigenvalue weighted by Crippen LogP contribution is -2.10. The van der Waals surface area contributed by atoms with Crippen LogP contribution in [-0.4, -0.2) is 9.55 Å². The highest BCUT2D eigenvalue weighted by Gasteiger charge is 1.89. The molecule has 0 saturated heterocycles.